The van der Waals surface area contributed by atoms with Gasteiger partial charge in [-0.15, -0.1) is 6.42 Å². The summed E-state index contributed by atoms with van der Waals surface area (Å²) in [6.45, 7) is 6.80. The number of benzene rings is 2. The van der Waals surface area contributed by atoms with Gasteiger partial charge in [-0.1, -0.05) is 25.8 Å². The van der Waals surface area contributed by atoms with E-state index < -0.39 is 0 Å². The summed E-state index contributed by atoms with van der Waals surface area (Å²) < 4.78 is 24.7. The van der Waals surface area contributed by atoms with E-state index >= 15 is 0 Å². The predicted octanol–water partition coefficient (Wildman–Crippen LogP) is 4.46. The minimum absolute atomic E-state index is 0.197. The van der Waals surface area contributed by atoms with Crippen LogP contribution in [-0.2, 0) is 4.74 Å². The van der Waals surface area contributed by atoms with Gasteiger partial charge >= 0.3 is 0 Å². The highest BCUT2D eigenvalue weighted by Gasteiger charge is 2.14. The third-order valence-corrected chi connectivity index (χ3v) is 3.35. The molecule has 0 aromatic heterocycles. The van der Waals surface area contributed by atoms with Crippen molar-refractivity contribution < 1.29 is 13.9 Å². The number of halogens is 1. The van der Waals surface area contributed by atoms with E-state index in [9.17, 15) is 4.39 Å². The Kier molecular flexibility index (Phi) is 4.82. The van der Waals surface area contributed by atoms with Crippen molar-refractivity contribution in [1.29, 1.82) is 0 Å². The molecule has 0 spiro atoms. The Labute approximate surface area is 124 Å². The number of fused-ring (bicyclic) bond motifs is 1. The van der Waals surface area contributed by atoms with E-state index in [4.69, 9.17) is 15.9 Å². The summed E-state index contributed by atoms with van der Waals surface area (Å²) in [6, 6.07) is 6.89. The van der Waals surface area contributed by atoms with Crippen molar-refractivity contribution in [2.45, 2.75) is 26.7 Å². The summed E-state index contributed by atoms with van der Waals surface area (Å²) in [5, 5.41) is 1.67. The van der Waals surface area contributed by atoms with Crippen molar-refractivity contribution in [3.05, 3.63) is 41.2 Å². The van der Waals surface area contributed by atoms with Gasteiger partial charge in [0.1, 0.15) is 11.6 Å². The molecule has 0 heterocycles. The lowest BCUT2D eigenvalue weighted by atomic mass is 9.92. The first-order valence-electron chi connectivity index (χ1n) is 7.01. The van der Waals surface area contributed by atoms with Crippen molar-refractivity contribution >= 4 is 10.8 Å². The average molecular weight is 286 g/mol. The van der Waals surface area contributed by atoms with Crippen LogP contribution in [-0.4, -0.2) is 13.4 Å². The standard InChI is InChI=1S/C18H19FO2/c1-5-15-17(19)8-7-13-9-14(21-11-20-6-2)10-16(12(3)4)18(13)15/h1,7-10,12H,6,11H2,2-4H3. The molecule has 2 nitrogen and oxygen atoms in total. The second-order valence-corrected chi connectivity index (χ2v) is 5.09. The third kappa shape index (κ3) is 3.17. The fourth-order valence-corrected chi connectivity index (χ4v) is 2.32. The van der Waals surface area contributed by atoms with Gasteiger partial charge in [-0.05, 0) is 42.0 Å². The van der Waals surface area contributed by atoms with Crippen LogP contribution in [0.5, 0.6) is 5.75 Å². The molecule has 0 radical (unpaired) electrons. The largest absolute Gasteiger partial charge is 0.468 e. The maximum atomic E-state index is 13.9. The van der Waals surface area contributed by atoms with E-state index in [0.717, 1.165) is 16.3 Å². The van der Waals surface area contributed by atoms with Gasteiger partial charge < -0.3 is 9.47 Å². The van der Waals surface area contributed by atoms with E-state index in [1.54, 1.807) is 6.07 Å². The molecule has 0 fully saturated rings. The minimum Gasteiger partial charge on any atom is -0.468 e. The van der Waals surface area contributed by atoms with Crippen molar-refractivity contribution in [2.24, 2.45) is 0 Å². The van der Waals surface area contributed by atoms with Gasteiger partial charge in [-0.3, -0.25) is 0 Å². The summed E-state index contributed by atoms with van der Waals surface area (Å²) in [5.41, 5.74) is 1.29. The van der Waals surface area contributed by atoms with E-state index in [-0.39, 0.29) is 18.5 Å². The monoisotopic (exact) mass is 286 g/mol. The minimum atomic E-state index is -0.366. The maximum Gasteiger partial charge on any atom is 0.189 e. The van der Waals surface area contributed by atoms with E-state index in [1.807, 2.05) is 32.9 Å². The van der Waals surface area contributed by atoms with Crippen LogP contribution in [0.1, 0.15) is 37.8 Å². The molecule has 2 aromatic carbocycles. The van der Waals surface area contributed by atoms with Crippen molar-refractivity contribution in [3.8, 4) is 18.1 Å². The number of ether oxygens (including phenoxy) is 2. The Morgan fingerprint density at radius 2 is 2.05 bits per heavy atom. The van der Waals surface area contributed by atoms with E-state index in [0.29, 0.717) is 17.9 Å². The number of rotatable bonds is 5. The molecule has 0 N–H and O–H groups in total. The lowest BCUT2D eigenvalue weighted by molar-refractivity contribution is 0.0224. The summed E-state index contributed by atoms with van der Waals surface area (Å²) in [6.07, 6.45) is 5.48. The molecule has 0 aliphatic carbocycles. The molecule has 0 atom stereocenters. The zero-order valence-electron chi connectivity index (χ0n) is 12.6. The molecule has 0 saturated carbocycles. The molecular weight excluding hydrogens is 267 g/mol. The van der Waals surface area contributed by atoms with Gasteiger partial charge in [0.15, 0.2) is 6.79 Å². The Hall–Kier alpha value is -2.05. The van der Waals surface area contributed by atoms with Crippen molar-refractivity contribution in [1.82, 2.24) is 0 Å². The first-order valence-corrected chi connectivity index (χ1v) is 7.01. The highest BCUT2D eigenvalue weighted by Crippen LogP contribution is 2.33. The Balaban J connectivity index is 2.60. The molecule has 0 aliphatic heterocycles. The summed E-state index contributed by atoms with van der Waals surface area (Å²) in [7, 11) is 0. The van der Waals surface area contributed by atoms with Crippen LogP contribution < -0.4 is 4.74 Å². The van der Waals surface area contributed by atoms with Crippen LogP contribution >= 0.6 is 0 Å². The Morgan fingerprint density at radius 3 is 2.67 bits per heavy atom. The van der Waals surface area contributed by atoms with Crippen LogP contribution in [0, 0.1) is 18.2 Å². The average Bonchev–Trinajstić information content (AvgIpc) is 2.47. The van der Waals surface area contributed by atoms with E-state index in [2.05, 4.69) is 5.92 Å². The van der Waals surface area contributed by atoms with Crippen LogP contribution in [0.25, 0.3) is 10.8 Å². The predicted molar refractivity (Wildman–Crippen MR) is 83.1 cm³/mol. The van der Waals surface area contributed by atoms with Crippen LogP contribution in [0.3, 0.4) is 0 Å². The zero-order chi connectivity index (χ0) is 15.4. The van der Waals surface area contributed by atoms with Crippen LogP contribution in [0.4, 0.5) is 4.39 Å². The molecule has 110 valence electrons. The van der Waals surface area contributed by atoms with Crippen LogP contribution in [0.15, 0.2) is 24.3 Å². The lowest BCUT2D eigenvalue weighted by Gasteiger charge is -2.15. The molecule has 0 unspecified atom stereocenters. The smallest absolute Gasteiger partial charge is 0.189 e. The van der Waals surface area contributed by atoms with Gasteiger partial charge in [-0.2, -0.15) is 0 Å². The molecule has 0 saturated heterocycles. The SMILES string of the molecule is C#Cc1c(F)ccc2cc(OCOCC)cc(C(C)C)c12. The summed E-state index contributed by atoms with van der Waals surface area (Å²) in [5.74, 6) is 3.01. The van der Waals surface area contributed by atoms with Crippen molar-refractivity contribution in [2.75, 3.05) is 13.4 Å². The molecule has 2 aromatic rings. The first kappa shape index (κ1) is 15.3. The number of hydrogen-bond donors (Lipinski definition) is 0. The second-order valence-electron chi connectivity index (χ2n) is 5.09. The highest BCUT2D eigenvalue weighted by atomic mass is 19.1. The van der Waals surface area contributed by atoms with Crippen molar-refractivity contribution in [3.63, 3.8) is 0 Å². The lowest BCUT2D eigenvalue weighted by Crippen LogP contribution is -2.03. The summed E-state index contributed by atoms with van der Waals surface area (Å²) >= 11 is 0. The first-order chi connectivity index (χ1) is 10.1. The maximum absolute atomic E-state index is 13.9. The molecular formula is C18H19FO2. The summed E-state index contributed by atoms with van der Waals surface area (Å²) in [4.78, 5) is 0. The number of terminal acetylenes is 1. The molecule has 0 aliphatic rings. The number of hydrogen-bond acceptors (Lipinski definition) is 2. The topological polar surface area (TPSA) is 18.5 Å². The normalized spacial score (nSPS) is 10.9. The van der Waals surface area contributed by atoms with E-state index in [1.165, 1.54) is 6.07 Å². The molecule has 0 amide bonds. The fraction of sp³-hybridized carbons (Fsp3) is 0.333. The fourth-order valence-electron chi connectivity index (χ4n) is 2.32. The van der Waals surface area contributed by atoms with Gasteiger partial charge in [-0.25, -0.2) is 4.39 Å². The van der Waals surface area contributed by atoms with Gasteiger partial charge in [0.25, 0.3) is 0 Å². The molecule has 2 rings (SSSR count). The molecule has 0 bridgehead atoms. The third-order valence-electron chi connectivity index (χ3n) is 3.35. The van der Waals surface area contributed by atoms with Gasteiger partial charge in [0, 0.05) is 12.0 Å². The quantitative estimate of drug-likeness (QED) is 0.459. The second kappa shape index (κ2) is 6.60. The zero-order valence-corrected chi connectivity index (χ0v) is 12.6. The van der Waals surface area contributed by atoms with Crippen LogP contribution in [0.2, 0.25) is 0 Å². The Bertz CT molecular complexity index is 684. The highest BCUT2D eigenvalue weighted by molar-refractivity contribution is 5.93. The molecule has 21 heavy (non-hydrogen) atoms. The van der Waals surface area contributed by atoms with Gasteiger partial charge in [0.2, 0.25) is 0 Å². The van der Waals surface area contributed by atoms with Gasteiger partial charge in [0.05, 0.1) is 5.56 Å². The Morgan fingerprint density at radius 1 is 1.29 bits per heavy atom. The molecule has 3 heteroatoms.